The number of rotatable bonds is 6. The van der Waals surface area contributed by atoms with E-state index in [0.717, 1.165) is 22.9 Å². The molecule has 1 fully saturated rings. The first-order valence-electron chi connectivity index (χ1n) is 9.65. The summed E-state index contributed by atoms with van der Waals surface area (Å²) in [5.74, 6) is 0.0651. The van der Waals surface area contributed by atoms with Crippen LogP contribution in [0.2, 0.25) is 0 Å². The number of aryl methyl sites for hydroxylation is 1. The van der Waals surface area contributed by atoms with Gasteiger partial charge in [0.05, 0.1) is 23.6 Å². The van der Waals surface area contributed by atoms with Crippen molar-refractivity contribution in [1.29, 1.82) is 0 Å². The molecule has 0 aliphatic carbocycles. The molecule has 1 aromatic carbocycles. The lowest BCUT2D eigenvalue weighted by atomic mass is 10.1. The molecule has 158 valence electrons. The predicted molar refractivity (Wildman–Crippen MR) is 127 cm³/mol. The summed E-state index contributed by atoms with van der Waals surface area (Å²) in [6, 6.07) is 13.2. The van der Waals surface area contributed by atoms with Crippen molar-refractivity contribution < 1.29 is 9.90 Å². The van der Waals surface area contributed by atoms with Crippen LogP contribution in [-0.2, 0) is 11.3 Å². The molecule has 1 aliphatic heterocycles. The van der Waals surface area contributed by atoms with Gasteiger partial charge in [-0.25, -0.2) is 4.98 Å². The van der Waals surface area contributed by atoms with Crippen LogP contribution < -0.4 is 10.9 Å². The minimum absolute atomic E-state index is 0.117. The molecule has 2 N–H and O–H groups in total. The van der Waals surface area contributed by atoms with Crippen molar-refractivity contribution in [3.63, 3.8) is 0 Å². The maximum absolute atomic E-state index is 13.1. The Morgan fingerprint density at radius 1 is 1.19 bits per heavy atom. The van der Waals surface area contributed by atoms with E-state index in [0.29, 0.717) is 27.2 Å². The molecule has 7 nitrogen and oxygen atoms in total. The van der Waals surface area contributed by atoms with Crippen LogP contribution in [0.15, 0.2) is 58.4 Å². The van der Waals surface area contributed by atoms with Crippen LogP contribution in [0, 0.1) is 6.92 Å². The third-order valence-electron chi connectivity index (χ3n) is 4.78. The summed E-state index contributed by atoms with van der Waals surface area (Å²) >= 11 is 6.59. The molecule has 4 rings (SSSR count). The number of fused-ring (bicyclic) bond motifs is 1. The Labute approximate surface area is 188 Å². The summed E-state index contributed by atoms with van der Waals surface area (Å²) in [6.07, 6.45) is 3.16. The summed E-state index contributed by atoms with van der Waals surface area (Å²) in [6.45, 7) is 2.48. The molecule has 9 heteroatoms. The summed E-state index contributed by atoms with van der Waals surface area (Å²) in [4.78, 5) is 32.5. The number of carbonyl (C=O) groups is 1. The van der Waals surface area contributed by atoms with Crippen molar-refractivity contribution in [1.82, 2.24) is 14.3 Å². The van der Waals surface area contributed by atoms with E-state index < -0.39 is 0 Å². The number of pyridine rings is 1. The molecule has 0 saturated carbocycles. The Morgan fingerprint density at radius 3 is 2.71 bits per heavy atom. The first-order valence-corrected chi connectivity index (χ1v) is 10.9. The number of thioether (sulfide) groups is 1. The zero-order valence-electron chi connectivity index (χ0n) is 16.7. The number of thiocarbonyl (C=S) groups is 1. The quantitative estimate of drug-likeness (QED) is 0.439. The van der Waals surface area contributed by atoms with Crippen LogP contribution in [0.4, 0.5) is 5.82 Å². The van der Waals surface area contributed by atoms with E-state index in [9.17, 15) is 14.7 Å². The SMILES string of the molecule is Cc1ccc(CN2C(=O)C(=Cc3c(NCCO)nc4ccccn4c3=O)SC2=S)cc1. The second-order valence-electron chi connectivity index (χ2n) is 7.01. The maximum Gasteiger partial charge on any atom is 0.267 e. The van der Waals surface area contributed by atoms with Crippen LogP contribution in [0.1, 0.15) is 16.7 Å². The Balaban J connectivity index is 1.71. The van der Waals surface area contributed by atoms with E-state index in [-0.39, 0.29) is 30.2 Å². The lowest BCUT2D eigenvalue weighted by molar-refractivity contribution is -0.122. The van der Waals surface area contributed by atoms with Gasteiger partial charge in [-0.3, -0.25) is 18.9 Å². The molecule has 0 unspecified atom stereocenters. The topological polar surface area (TPSA) is 86.9 Å². The fourth-order valence-electron chi connectivity index (χ4n) is 3.19. The Bertz CT molecular complexity index is 1250. The molecule has 31 heavy (non-hydrogen) atoms. The highest BCUT2D eigenvalue weighted by Crippen LogP contribution is 2.34. The van der Waals surface area contributed by atoms with Gasteiger partial charge in [0.1, 0.15) is 15.8 Å². The number of aromatic nitrogens is 2. The molecule has 0 bridgehead atoms. The third kappa shape index (κ3) is 4.39. The first kappa shape index (κ1) is 21.2. The standard InChI is InChI=1S/C22H20N4O3S2/c1-14-5-7-15(8-6-14)13-26-21(29)17(31-22(26)30)12-16-19(23-9-11-27)24-18-4-2-3-10-25(18)20(16)28/h2-8,10,12,23,27H,9,11,13H2,1H3. The fourth-order valence-corrected chi connectivity index (χ4v) is 4.42. The molecule has 1 saturated heterocycles. The second kappa shape index (κ2) is 9.01. The van der Waals surface area contributed by atoms with Gasteiger partial charge in [0, 0.05) is 12.7 Å². The molecule has 0 spiro atoms. The van der Waals surface area contributed by atoms with E-state index in [1.54, 1.807) is 24.4 Å². The fraction of sp³-hybridized carbons (Fsp3) is 0.182. The molecule has 0 atom stereocenters. The Morgan fingerprint density at radius 2 is 1.97 bits per heavy atom. The number of nitrogens with zero attached hydrogens (tertiary/aromatic N) is 3. The van der Waals surface area contributed by atoms with Crippen LogP contribution in [0.25, 0.3) is 11.7 Å². The number of nitrogens with one attached hydrogen (secondary N) is 1. The lowest BCUT2D eigenvalue weighted by Gasteiger charge is -2.14. The molecule has 1 amide bonds. The van der Waals surface area contributed by atoms with Gasteiger partial charge in [0.15, 0.2) is 0 Å². The Kier molecular flexibility index (Phi) is 6.17. The zero-order chi connectivity index (χ0) is 22.0. The van der Waals surface area contributed by atoms with Gasteiger partial charge in [-0.05, 0) is 30.7 Å². The van der Waals surface area contributed by atoms with Crippen molar-refractivity contribution in [3.8, 4) is 0 Å². The molecular formula is C22H20N4O3S2. The molecular weight excluding hydrogens is 432 g/mol. The monoisotopic (exact) mass is 452 g/mol. The highest BCUT2D eigenvalue weighted by atomic mass is 32.2. The van der Waals surface area contributed by atoms with E-state index >= 15 is 0 Å². The van der Waals surface area contributed by atoms with Crippen molar-refractivity contribution >= 4 is 51.7 Å². The summed E-state index contributed by atoms with van der Waals surface area (Å²) in [5.41, 5.74) is 2.52. The number of benzene rings is 1. The molecule has 3 heterocycles. The number of aliphatic hydroxyl groups excluding tert-OH is 1. The molecule has 1 aliphatic rings. The smallest absolute Gasteiger partial charge is 0.267 e. The van der Waals surface area contributed by atoms with E-state index in [1.807, 2.05) is 31.2 Å². The van der Waals surface area contributed by atoms with Gasteiger partial charge < -0.3 is 10.4 Å². The van der Waals surface area contributed by atoms with Gasteiger partial charge in [-0.2, -0.15) is 0 Å². The third-order valence-corrected chi connectivity index (χ3v) is 6.16. The molecule has 0 radical (unpaired) electrons. The number of aliphatic hydroxyl groups is 1. The van der Waals surface area contributed by atoms with Crippen LogP contribution in [0.5, 0.6) is 0 Å². The largest absolute Gasteiger partial charge is 0.395 e. The van der Waals surface area contributed by atoms with Gasteiger partial charge in [0.25, 0.3) is 11.5 Å². The Hall–Kier alpha value is -3.01. The van der Waals surface area contributed by atoms with Crippen molar-refractivity contribution in [3.05, 3.63) is 80.6 Å². The first-order chi connectivity index (χ1) is 15.0. The second-order valence-corrected chi connectivity index (χ2v) is 8.69. The van der Waals surface area contributed by atoms with Crippen molar-refractivity contribution in [2.24, 2.45) is 0 Å². The van der Waals surface area contributed by atoms with Gasteiger partial charge in [0.2, 0.25) is 0 Å². The van der Waals surface area contributed by atoms with Gasteiger partial charge >= 0.3 is 0 Å². The highest BCUT2D eigenvalue weighted by Gasteiger charge is 2.32. The number of hydrogen-bond acceptors (Lipinski definition) is 7. The van der Waals surface area contributed by atoms with E-state index in [1.165, 1.54) is 15.4 Å². The van der Waals surface area contributed by atoms with Crippen LogP contribution in [0.3, 0.4) is 0 Å². The van der Waals surface area contributed by atoms with E-state index in [2.05, 4.69) is 10.3 Å². The minimum Gasteiger partial charge on any atom is -0.395 e. The van der Waals surface area contributed by atoms with Crippen LogP contribution >= 0.6 is 24.0 Å². The summed E-state index contributed by atoms with van der Waals surface area (Å²) in [5, 5.41) is 12.1. The number of carbonyl (C=O) groups excluding carboxylic acids is 1. The number of hydrogen-bond donors (Lipinski definition) is 2. The van der Waals surface area contributed by atoms with E-state index in [4.69, 9.17) is 12.2 Å². The number of amides is 1. The summed E-state index contributed by atoms with van der Waals surface area (Å²) < 4.78 is 1.86. The van der Waals surface area contributed by atoms with Crippen molar-refractivity contribution in [2.45, 2.75) is 13.5 Å². The van der Waals surface area contributed by atoms with Crippen molar-refractivity contribution in [2.75, 3.05) is 18.5 Å². The minimum atomic E-state index is -0.310. The van der Waals surface area contributed by atoms with Gasteiger partial charge in [-0.15, -0.1) is 0 Å². The number of anilines is 1. The highest BCUT2D eigenvalue weighted by molar-refractivity contribution is 8.26. The predicted octanol–water partition coefficient (Wildman–Crippen LogP) is 2.81. The normalized spacial score (nSPS) is 15.3. The maximum atomic E-state index is 13.1. The van der Waals surface area contributed by atoms with Gasteiger partial charge in [-0.1, -0.05) is 59.9 Å². The molecule has 3 aromatic rings. The van der Waals surface area contributed by atoms with Crippen LogP contribution in [-0.4, -0.2) is 42.8 Å². The lowest BCUT2D eigenvalue weighted by Crippen LogP contribution is -2.27. The average molecular weight is 453 g/mol. The summed E-state index contributed by atoms with van der Waals surface area (Å²) in [7, 11) is 0. The zero-order valence-corrected chi connectivity index (χ0v) is 18.4. The average Bonchev–Trinajstić information content (AvgIpc) is 3.03. The molecule has 2 aromatic heterocycles.